The van der Waals surface area contributed by atoms with E-state index >= 15 is 0 Å². The van der Waals surface area contributed by atoms with Crippen molar-refractivity contribution in [3.05, 3.63) is 69.7 Å². The minimum absolute atomic E-state index is 0.0664. The highest BCUT2D eigenvalue weighted by atomic mass is 35.5. The quantitative estimate of drug-likeness (QED) is 0.276. The van der Waals surface area contributed by atoms with Crippen LogP contribution in [0.3, 0.4) is 0 Å². The summed E-state index contributed by atoms with van der Waals surface area (Å²) in [6.07, 6.45) is -2.47. The van der Waals surface area contributed by atoms with E-state index in [0.717, 1.165) is 23.5 Å². The first kappa shape index (κ1) is 25.3. The van der Waals surface area contributed by atoms with Gasteiger partial charge in [-0.25, -0.2) is 9.78 Å². The van der Waals surface area contributed by atoms with Gasteiger partial charge in [-0.15, -0.1) is 11.3 Å². The molecule has 3 aromatic carbocycles. The number of hydrogen-bond acceptors (Lipinski definition) is 5. The number of carboxylic acids is 1. The molecule has 0 unspecified atom stereocenters. The Balaban J connectivity index is 1.50. The zero-order valence-corrected chi connectivity index (χ0v) is 20.8. The van der Waals surface area contributed by atoms with Crippen molar-refractivity contribution in [1.29, 1.82) is 0 Å². The molecule has 1 fully saturated rings. The smallest absolute Gasteiger partial charge is 0.416 e. The lowest BCUT2D eigenvalue weighted by Crippen LogP contribution is -2.52. The van der Waals surface area contributed by atoms with E-state index < -0.39 is 29.2 Å². The van der Waals surface area contributed by atoms with E-state index in [4.69, 9.17) is 16.3 Å². The van der Waals surface area contributed by atoms with E-state index in [2.05, 4.69) is 10.3 Å². The lowest BCUT2D eigenvalue weighted by Gasteiger charge is -2.26. The van der Waals surface area contributed by atoms with Crippen molar-refractivity contribution in [2.75, 3.05) is 0 Å². The third kappa shape index (κ3) is 4.83. The van der Waals surface area contributed by atoms with E-state index in [-0.39, 0.29) is 17.9 Å². The molecule has 1 amide bonds. The average Bonchev–Trinajstić information content (AvgIpc) is 3.50. The van der Waals surface area contributed by atoms with Crippen LogP contribution in [0.2, 0.25) is 5.02 Å². The van der Waals surface area contributed by atoms with Crippen LogP contribution in [0.4, 0.5) is 13.2 Å². The number of thiazole rings is 1. The van der Waals surface area contributed by atoms with Crippen molar-refractivity contribution < 1.29 is 32.6 Å². The summed E-state index contributed by atoms with van der Waals surface area (Å²) in [5.74, 6) is -1.54. The van der Waals surface area contributed by atoms with Crippen LogP contribution < -0.4 is 10.1 Å². The molecule has 0 bridgehead atoms. The predicted octanol–water partition coefficient (Wildman–Crippen LogP) is 6.83. The number of carbonyl (C=O) groups excluding carboxylic acids is 1. The maximum Gasteiger partial charge on any atom is 0.416 e. The van der Waals surface area contributed by atoms with Gasteiger partial charge in [-0.1, -0.05) is 48.7 Å². The summed E-state index contributed by atoms with van der Waals surface area (Å²) in [7, 11) is 0. The normalized spacial score (nSPS) is 15.2. The zero-order chi connectivity index (χ0) is 26.4. The second-order valence-corrected chi connectivity index (χ2v) is 10.4. The van der Waals surface area contributed by atoms with Gasteiger partial charge < -0.3 is 15.2 Å². The molecule has 0 aliphatic heterocycles. The topological polar surface area (TPSA) is 88.5 Å². The van der Waals surface area contributed by atoms with E-state index in [1.807, 2.05) is 0 Å². The average molecular weight is 549 g/mol. The van der Waals surface area contributed by atoms with Crippen molar-refractivity contribution in [1.82, 2.24) is 10.3 Å². The lowest BCUT2D eigenvalue weighted by atomic mass is 9.96. The Morgan fingerprint density at radius 3 is 2.49 bits per heavy atom. The molecule has 4 aromatic rings. The van der Waals surface area contributed by atoms with Gasteiger partial charge in [0.25, 0.3) is 5.91 Å². The van der Waals surface area contributed by atoms with Crippen LogP contribution in [0.15, 0.2) is 48.5 Å². The van der Waals surface area contributed by atoms with Crippen LogP contribution in [0.5, 0.6) is 5.75 Å². The number of carbonyl (C=O) groups is 2. The van der Waals surface area contributed by atoms with Gasteiger partial charge in [0.1, 0.15) is 22.9 Å². The first-order chi connectivity index (χ1) is 17.6. The summed E-state index contributed by atoms with van der Waals surface area (Å²) in [6, 6.07) is 11.8. The molecule has 11 heteroatoms. The third-order valence-electron chi connectivity index (χ3n) is 6.51. The second kappa shape index (κ2) is 9.50. The Kier molecular flexibility index (Phi) is 6.49. The Morgan fingerprint density at radius 1 is 1.11 bits per heavy atom. The van der Waals surface area contributed by atoms with Crippen LogP contribution in [-0.2, 0) is 17.6 Å². The molecule has 1 aliphatic rings. The Labute approximate surface area is 218 Å². The van der Waals surface area contributed by atoms with E-state index in [9.17, 15) is 27.9 Å². The molecule has 1 aromatic heterocycles. The van der Waals surface area contributed by atoms with Crippen molar-refractivity contribution in [2.45, 2.75) is 44.0 Å². The van der Waals surface area contributed by atoms with Crippen LogP contribution >= 0.6 is 22.9 Å². The fourth-order valence-corrected chi connectivity index (χ4v) is 5.82. The SMILES string of the molecule is O=C(NC1(C(=O)O)CCCC1)c1cc(Cl)c2ccccc2c1OCc1nc2ccc(C(F)(F)F)cc2s1. The highest BCUT2D eigenvalue weighted by Gasteiger charge is 2.43. The number of rotatable bonds is 6. The van der Waals surface area contributed by atoms with Gasteiger partial charge in [-0.05, 0) is 37.1 Å². The van der Waals surface area contributed by atoms with Gasteiger partial charge in [0.2, 0.25) is 0 Å². The summed E-state index contributed by atoms with van der Waals surface area (Å²) in [5.41, 5.74) is -1.66. The van der Waals surface area contributed by atoms with Gasteiger partial charge in [0.05, 0.1) is 21.3 Å². The maximum absolute atomic E-state index is 13.4. The summed E-state index contributed by atoms with van der Waals surface area (Å²) in [6.45, 7) is -0.114. The molecule has 192 valence electrons. The monoisotopic (exact) mass is 548 g/mol. The largest absolute Gasteiger partial charge is 0.485 e. The number of nitrogens with one attached hydrogen (secondary N) is 1. The zero-order valence-electron chi connectivity index (χ0n) is 19.2. The fourth-order valence-electron chi connectivity index (χ4n) is 4.63. The van der Waals surface area contributed by atoms with Gasteiger partial charge in [-0.2, -0.15) is 13.2 Å². The van der Waals surface area contributed by atoms with Crippen molar-refractivity contribution in [3.63, 3.8) is 0 Å². The van der Waals surface area contributed by atoms with Gasteiger partial charge in [0.15, 0.2) is 0 Å². The van der Waals surface area contributed by atoms with Crippen molar-refractivity contribution in [2.24, 2.45) is 0 Å². The van der Waals surface area contributed by atoms with E-state index in [0.29, 0.717) is 56.7 Å². The maximum atomic E-state index is 13.4. The molecule has 2 N–H and O–H groups in total. The number of fused-ring (bicyclic) bond motifs is 2. The molecule has 6 nitrogen and oxygen atoms in total. The highest BCUT2D eigenvalue weighted by Crippen LogP contribution is 2.38. The Morgan fingerprint density at radius 2 is 1.81 bits per heavy atom. The molecule has 1 aliphatic carbocycles. The first-order valence-corrected chi connectivity index (χ1v) is 12.6. The molecule has 0 atom stereocenters. The van der Waals surface area contributed by atoms with Crippen molar-refractivity contribution in [3.8, 4) is 5.75 Å². The number of benzene rings is 3. The summed E-state index contributed by atoms with van der Waals surface area (Å²) in [4.78, 5) is 29.7. The summed E-state index contributed by atoms with van der Waals surface area (Å²) < 4.78 is 45.7. The van der Waals surface area contributed by atoms with E-state index in [1.165, 1.54) is 12.1 Å². The third-order valence-corrected chi connectivity index (χ3v) is 7.81. The number of nitrogens with zero attached hydrogens (tertiary/aromatic N) is 1. The molecule has 1 heterocycles. The summed E-state index contributed by atoms with van der Waals surface area (Å²) in [5, 5.41) is 14.4. The molecular weight excluding hydrogens is 529 g/mol. The molecule has 37 heavy (non-hydrogen) atoms. The van der Waals surface area contributed by atoms with E-state index in [1.54, 1.807) is 24.3 Å². The van der Waals surface area contributed by atoms with Crippen molar-refractivity contribution >= 4 is 55.8 Å². The summed E-state index contributed by atoms with van der Waals surface area (Å²) >= 11 is 7.52. The number of ether oxygens (including phenoxy) is 1. The number of carboxylic acid groups (broad SMARTS) is 1. The highest BCUT2D eigenvalue weighted by molar-refractivity contribution is 7.18. The molecule has 0 radical (unpaired) electrons. The van der Waals surface area contributed by atoms with Crippen LogP contribution in [0.25, 0.3) is 21.0 Å². The minimum atomic E-state index is -4.47. The fraction of sp³-hybridized carbons (Fsp3) is 0.269. The number of alkyl halides is 3. The molecule has 5 rings (SSSR count). The number of halogens is 4. The lowest BCUT2D eigenvalue weighted by molar-refractivity contribution is -0.144. The predicted molar refractivity (Wildman–Crippen MR) is 134 cm³/mol. The van der Waals surface area contributed by atoms with Crippen LogP contribution in [-0.4, -0.2) is 27.5 Å². The number of aromatic nitrogens is 1. The minimum Gasteiger partial charge on any atom is -0.485 e. The van der Waals surface area contributed by atoms with Gasteiger partial charge >= 0.3 is 12.1 Å². The number of hydrogen-bond donors (Lipinski definition) is 2. The second-order valence-electron chi connectivity index (χ2n) is 8.91. The Hall–Kier alpha value is -3.37. The standard InChI is InChI=1S/C26H20ClF3N2O4S/c27-18-12-17(23(33)32-25(24(34)35)9-3-4-10-25)22(16-6-2-1-5-15(16)18)36-13-21-31-19-8-7-14(26(28,29)30)11-20(19)37-21/h1-2,5-8,11-12H,3-4,9-10,13H2,(H,32,33)(H,34,35). The van der Waals surface area contributed by atoms with Crippen LogP contribution in [0.1, 0.15) is 46.6 Å². The molecule has 0 saturated heterocycles. The Bertz CT molecular complexity index is 1530. The number of aliphatic carboxylic acids is 1. The van der Waals surface area contributed by atoms with Gasteiger partial charge in [-0.3, -0.25) is 4.79 Å². The number of amides is 1. The van der Waals surface area contributed by atoms with Crippen LogP contribution in [0, 0.1) is 0 Å². The molecule has 0 spiro atoms. The van der Waals surface area contributed by atoms with Gasteiger partial charge in [0, 0.05) is 15.8 Å². The molecular formula is C26H20ClF3N2O4S. The first-order valence-electron chi connectivity index (χ1n) is 11.4. The molecule has 1 saturated carbocycles.